The molecule has 0 aliphatic rings. The van der Waals surface area contributed by atoms with Crippen LogP contribution in [0.25, 0.3) is 0 Å². The summed E-state index contributed by atoms with van der Waals surface area (Å²) in [5.41, 5.74) is 0.995. The monoisotopic (exact) mass is 305 g/mol. The molecule has 1 aromatic heterocycles. The topological polar surface area (TPSA) is 97.5 Å². The maximum atomic E-state index is 12.1. The minimum absolute atomic E-state index is 0.0245. The summed E-state index contributed by atoms with van der Waals surface area (Å²) in [6, 6.07) is 6.93. The Morgan fingerprint density at radius 2 is 2.18 bits per heavy atom. The number of carbonyl (C=O) groups is 1. The van der Waals surface area contributed by atoms with Crippen molar-refractivity contribution in [1.29, 1.82) is 0 Å². The number of esters is 1. The number of rotatable bonds is 7. The summed E-state index contributed by atoms with van der Waals surface area (Å²) in [6.45, 7) is 4.15. The van der Waals surface area contributed by atoms with Crippen molar-refractivity contribution in [2.45, 2.75) is 26.4 Å². The first kappa shape index (κ1) is 16.0. The van der Waals surface area contributed by atoms with Crippen LogP contribution in [0.1, 0.15) is 41.8 Å². The van der Waals surface area contributed by atoms with Crippen LogP contribution in [0.2, 0.25) is 0 Å². The fourth-order valence-corrected chi connectivity index (χ4v) is 1.77. The second kappa shape index (κ2) is 7.56. The first-order valence-electron chi connectivity index (χ1n) is 7.05. The van der Waals surface area contributed by atoms with Gasteiger partial charge in [-0.25, -0.2) is 4.79 Å². The third-order valence-corrected chi connectivity index (χ3v) is 2.90. The molecule has 7 heteroatoms. The predicted molar refractivity (Wildman–Crippen MR) is 79.5 cm³/mol. The molecular weight excluding hydrogens is 286 g/mol. The average molecular weight is 305 g/mol. The summed E-state index contributed by atoms with van der Waals surface area (Å²) in [7, 11) is 0. The Kier molecular flexibility index (Phi) is 5.48. The molecule has 0 unspecified atom stereocenters. The van der Waals surface area contributed by atoms with Crippen LogP contribution in [0.15, 0.2) is 28.8 Å². The number of aliphatic hydroxyl groups excluding tert-OH is 1. The minimum Gasteiger partial charge on any atom is -0.452 e. The molecule has 7 nitrogen and oxygen atoms in total. The minimum atomic E-state index is -0.495. The van der Waals surface area contributed by atoms with Gasteiger partial charge in [0.1, 0.15) is 0 Å². The van der Waals surface area contributed by atoms with Gasteiger partial charge in [-0.15, -0.1) is 0 Å². The molecule has 2 N–H and O–H groups in total. The molecule has 0 spiro atoms. The zero-order chi connectivity index (χ0) is 15.9. The van der Waals surface area contributed by atoms with E-state index >= 15 is 0 Å². The summed E-state index contributed by atoms with van der Waals surface area (Å²) in [4.78, 5) is 16.3. The lowest BCUT2D eigenvalue weighted by Crippen LogP contribution is -2.12. The number of aliphatic hydroxyl groups is 1. The molecular formula is C15H19N3O4. The molecule has 0 saturated heterocycles. The highest BCUT2D eigenvalue weighted by atomic mass is 16.6. The molecule has 22 heavy (non-hydrogen) atoms. The van der Waals surface area contributed by atoms with Crippen LogP contribution in [-0.4, -0.2) is 34.4 Å². The van der Waals surface area contributed by atoms with Crippen molar-refractivity contribution >= 4 is 11.7 Å². The van der Waals surface area contributed by atoms with Gasteiger partial charge in [0.05, 0.1) is 12.2 Å². The van der Waals surface area contributed by atoms with E-state index < -0.39 is 5.97 Å². The Morgan fingerprint density at radius 1 is 1.41 bits per heavy atom. The summed E-state index contributed by atoms with van der Waals surface area (Å²) >= 11 is 0. The van der Waals surface area contributed by atoms with Crippen LogP contribution in [0.5, 0.6) is 0 Å². The van der Waals surface area contributed by atoms with E-state index in [0.29, 0.717) is 23.6 Å². The largest absolute Gasteiger partial charge is 0.452 e. The fraction of sp³-hybridized carbons (Fsp3) is 0.400. The van der Waals surface area contributed by atoms with Crippen LogP contribution >= 0.6 is 0 Å². The van der Waals surface area contributed by atoms with Gasteiger partial charge in [0, 0.05) is 18.2 Å². The van der Waals surface area contributed by atoms with Crippen molar-refractivity contribution < 1.29 is 19.2 Å². The lowest BCUT2D eigenvalue weighted by molar-refractivity contribution is 0.0431. The van der Waals surface area contributed by atoms with Crippen molar-refractivity contribution in [3.63, 3.8) is 0 Å². The number of anilines is 1. The van der Waals surface area contributed by atoms with Crippen molar-refractivity contribution in [3.8, 4) is 0 Å². The van der Waals surface area contributed by atoms with E-state index in [1.807, 2.05) is 13.8 Å². The second-order valence-corrected chi connectivity index (χ2v) is 4.97. The lowest BCUT2D eigenvalue weighted by Gasteiger charge is -2.09. The average Bonchev–Trinajstić information content (AvgIpc) is 3.00. The Labute approximate surface area is 128 Å². The van der Waals surface area contributed by atoms with E-state index in [-0.39, 0.29) is 25.0 Å². The maximum absolute atomic E-state index is 12.1. The number of nitrogens with zero attached hydrogens (tertiary/aromatic N) is 2. The van der Waals surface area contributed by atoms with Gasteiger partial charge in [-0.3, -0.25) is 0 Å². The number of hydrogen-bond acceptors (Lipinski definition) is 7. The molecule has 0 bridgehead atoms. The zero-order valence-corrected chi connectivity index (χ0v) is 12.6. The number of benzene rings is 1. The first-order valence-corrected chi connectivity index (χ1v) is 7.05. The molecule has 118 valence electrons. The SMILES string of the molecule is CC(C)c1noc(COC(=O)c2ccccc2NCCO)n1. The Hall–Kier alpha value is -2.41. The molecule has 2 aromatic rings. The highest BCUT2D eigenvalue weighted by Crippen LogP contribution is 2.17. The number of hydrogen-bond donors (Lipinski definition) is 2. The standard InChI is InChI=1S/C15H19N3O4/c1-10(2)14-17-13(22-18-14)9-21-15(20)11-5-3-4-6-12(11)16-7-8-19/h3-6,10,16,19H,7-9H2,1-2H3. The van der Waals surface area contributed by atoms with Crippen LogP contribution in [0.3, 0.4) is 0 Å². The summed E-state index contributed by atoms with van der Waals surface area (Å²) in [5.74, 6) is 0.496. The van der Waals surface area contributed by atoms with Gasteiger partial charge in [-0.2, -0.15) is 4.98 Å². The van der Waals surface area contributed by atoms with E-state index in [0.717, 1.165) is 0 Å². The summed E-state index contributed by atoms with van der Waals surface area (Å²) in [6.07, 6.45) is 0. The van der Waals surface area contributed by atoms with Crippen LogP contribution in [-0.2, 0) is 11.3 Å². The molecule has 2 rings (SSSR count). The maximum Gasteiger partial charge on any atom is 0.340 e. The Bertz CT molecular complexity index is 625. The normalized spacial score (nSPS) is 10.7. The summed E-state index contributed by atoms with van der Waals surface area (Å²) in [5, 5.41) is 15.6. The van der Waals surface area contributed by atoms with E-state index in [1.165, 1.54) is 0 Å². The van der Waals surface area contributed by atoms with Crippen molar-refractivity contribution in [2.75, 3.05) is 18.5 Å². The van der Waals surface area contributed by atoms with Gasteiger partial charge in [0.15, 0.2) is 12.4 Å². The Balaban J connectivity index is 1.99. The molecule has 0 saturated carbocycles. The molecule has 0 aliphatic heterocycles. The smallest absolute Gasteiger partial charge is 0.340 e. The van der Waals surface area contributed by atoms with Crippen LogP contribution < -0.4 is 5.32 Å². The van der Waals surface area contributed by atoms with Gasteiger partial charge in [-0.1, -0.05) is 31.1 Å². The molecule has 0 radical (unpaired) electrons. The number of ether oxygens (including phenoxy) is 1. The third-order valence-electron chi connectivity index (χ3n) is 2.90. The van der Waals surface area contributed by atoms with Crippen LogP contribution in [0, 0.1) is 0 Å². The first-order chi connectivity index (χ1) is 10.6. The van der Waals surface area contributed by atoms with Gasteiger partial charge in [0.25, 0.3) is 5.89 Å². The number of carbonyl (C=O) groups excluding carboxylic acids is 1. The molecule has 0 atom stereocenters. The number of nitrogens with one attached hydrogen (secondary N) is 1. The second-order valence-electron chi connectivity index (χ2n) is 4.97. The van der Waals surface area contributed by atoms with E-state index in [4.69, 9.17) is 14.4 Å². The lowest BCUT2D eigenvalue weighted by atomic mass is 10.2. The predicted octanol–water partition coefficient (Wildman–Crippen LogP) is 1.95. The van der Waals surface area contributed by atoms with Crippen molar-refractivity contribution in [1.82, 2.24) is 10.1 Å². The van der Waals surface area contributed by atoms with Gasteiger partial charge in [-0.05, 0) is 12.1 Å². The number of aromatic nitrogens is 2. The number of para-hydroxylation sites is 1. The molecule has 0 aliphatic carbocycles. The van der Waals surface area contributed by atoms with E-state index in [9.17, 15) is 4.79 Å². The van der Waals surface area contributed by atoms with E-state index in [1.54, 1.807) is 24.3 Å². The zero-order valence-electron chi connectivity index (χ0n) is 12.6. The molecule has 0 fully saturated rings. The molecule has 1 aromatic carbocycles. The third kappa shape index (κ3) is 4.05. The summed E-state index contributed by atoms with van der Waals surface area (Å²) < 4.78 is 10.2. The van der Waals surface area contributed by atoms with Gasteiger partial charge in [0.2, 0.25) is 0 Å². The van der Waals surface area contributed by atoms with E-state index in [2.05, 4.69) is 15.5 Å². The van der Waals surface area contributed by atoms with Gasteiger partial charge < -0.3 is 19.7 Å². The Morgan fingerprint density at radius 3 is 2.86 bits per heavy atom. The van der Waals surface area contributed by atoms with Crippen molar-refractivity contribution in [3.05, 3.63) is 41.5 Å². The van der Waals surface area contributed by atoms with Crippen LogP contribution in [0.4, 0.5) is 5.69 Å². The fourth-order valence-electron chi connectivity index (χ4n) is 1.77. The highest BCUT2D eigenvalue weighted by molar-refractivity contribution is 5.95. The molecule has 0 amide bonds. The van der Waals surface area contributed by atoms with Gasteiger partial charge >= 0.3 is 5.97 Å². The quantitative estimate of drug-likeness (QED) is 0.754. The molecule has 1 heterocycles. The highest BCUT2D eigenvalue weighted by Gasteiger charge is 2.15. The van der Waals surface area contributed by atoms with Crippen molar-refractivity contribution in [2.24, 2.45) is 0 Å².